The van der Waals surface area contributed by atoms with Gasteiger partial charge in [-0.1, -0.05) is 0 Å². The number of hydrogen-bond donors (Lipinski definition) is 2. The molecule has 0 saturated carbocycles. The predicted octanol–water partition coefficient (Wildman–Crippen LogP) is 1.17. The molecule has 0 heterocycles. The van der Waals surface area contributed by atoms with Crippen molar-refractivity contribution in [3.8, 4) is 0 Å². The third kappa shape index (κ3) is 7.62. The Hall–Kier alpha value is -1.84. The monoisotopic (exact) mass is 360 g/mol. The van der Waals surface area contributed by atoms with Gasteiger partial charge in [0.15, 0.2) is 0 Å². The molecule has 0 aliphatic carbocycles. The molecule has 0 amide bonds. The van der Waals surface area contributed by atoms with Crippen molar-refractivity contribution in [2.24, 2.45) is 11.0 Å². The van der Waals surface area contributed by atoms with Crippen LogP contribution in [0, 0.1) is 10.1 Å². The van der Waals surface area contributed by atoms with Crippen LogP contribution in [0.2, 0.25) is 0 Å². The second-order valence-electron chi connectivity index (χ2n) is 5.32. The van der Waals surface area contributed by atoms with Crippen LogP contribution < -0.4 is 11.0 Å². The third-order valence-electron chi connectivity index (χ3n) is 2.92. The Kier molecular flexibility index (Phi) is 7.46. The Balaban J connectivity index is 2.82. The van der Waals surface area contributed by atoms with E-state index in [0.29, 0.717) is 12.1 Å². The van der Waals surface area contributed by atoms with E-state index in [0.717, 1.165) is 0 Å². The van der Waals surface area contributed by atoms with Crippen molar-refractivity contribution in [2.75, 3.05) is 27.2 Å². The number of nitro benzene ring substituents is 1. The van der Waals surface area contributed by atoms with E-state index in [1.165, 1.54) is 24.3 Å². The molecule has 0 aliphatic rings. The highest BCUT2D eigenvalue weighted by Crippen LogP contribution is 2.38. The minimum atomic E-state index is -3.87. The molecule has 0 bridgehead atoms. The van der Waals surface area contributed by atoms with Crippen LogP contribution >= 0.6 is 7.67 Å². The average molecular weight is 360 g/mol. The van der Waals surface area contributed by atoms with Crippen LogP contribution in [0.5, 0.6) is 0 Å². The Morgan fingerprint density at radius 2 is 1.92 bits per heavy atom. The molecule has 1 aromatic carbocycles. The number of non-ortho nitro benzene ring substituents is 1. The molecule has 1 rings (SSSR count). The van der Waals surface area contributed by atoms with E-state index in [-0.39, 0.29) is 18.7 Å². The average Bonchev–Trinajstić information content (AvgIpc) is 2.44. The number of carbonyl (C=O) groups is 1. The zero-order valence-corrected chi connectivity index (χ0v) is 14.3. The van der Waals surface area contributed by atoms with E-state index in [2.05, 4.69) is 0 Å². The highest BCUT2D eigenvalue weighted by atomic mass is 31.2. The predicted molar refractivity (Wildman–Crippen MR) is 87.0 cm³/mol. The van der Waals surface area contributed by atoms with E-state index >= 15 is 0 Å². The summed E-state index contributed by atoms with van der Waals surface area (Å²) in [6.07, 6.45) is -1.30. The number of hydrogen-bond acceptors (Lipinski definition) is 7. The topological polar surface area (TPSA) is 151 Å². The lowest BCUT2D eigenvalue weighted by Gasteiger charge is -2.19. The van der Waals surface area contributed by atoms with Crippen LogP contribution in [0.3, 0.4) is 0 Å². The molecule has 1 atom stereocenters. The quantitative estimate of drug-likeness (QED) is 0.286. The SMILES string of the molecule is CN(C)CCOC(=O)CC(OP(N)(N)=O)c1ccc([N+](=O)[O-])cc1. The Morgan fingerprint density at radius 1 is 1.33 bits per heavy atom. The maximum atomic E-state index is 11.9. The van der Waals surface area contributed by atoms with Gasteiger partial charge in [-0.3, -0.25) is 24.0 Å². The zero-order chi connectivity index (χ0) is 18.3. The molecule has 24 heavy (non-hydrogen) atoms. The summed E-state index contributed by atoms with van der Waals surface area (Å²) in [6.45, 7) is 0.725. The van der Waals surface area contributed by atoms with E-state index in [4.69, 9.17) is 20.3 Å². The van der Waals surface area contributed by atoms with Gasteiger partial charge in [-0.25, -0.2) is 11.0 Å². The molecule has 10 nitrogen and oxygen atoms in total. The molecule has 0 spiro atoms. The molecule has 0 fully saturated rings. The number of ether oxygens (including phenoxy) is 1. The van der Waals surface area contributed by atoms with Gasteiger partial charge in [0.05, 0.1) is 11.3 Å². The third-order valence-corrected chi connectivity index (χ3v) is 3.51. The van der Waals surface area contributed by atoms with Gasteiger partial charge in [0, 0.05) is 18.7 Å². The number of esters is 1. The van der Waals surface area contributed by atoms with E-state index in [1.807, 2.05) is 19.0 Å². The summed E-state index contributed by atoms with van der Waals surface area (Å²) in [6, 6.07) is 5.24. The second kappa shape index (κ2) is 8.86. The first-order valence-corrected chi connectivity index (χ1v) is 8.75. The number of likely N-dealkylation sites (N-methyl/N-ethyl adjacent to an activating group) is 1. The van der Waals surface area contributed by atoms with Gasteiger partial charge >= 0.3 is 13.6 Å². The second-order valence-corrected chi connectivity index (χ2v) is 6.82. The minimum absolute atomic E-state index is 0.130. The van der Waals surface area contributed by atoms with Crippen molar-refractivity contribution < 1.29 is 23.5 Å². The number of rotatable bonds is 9. The molecule has 0 saturated heterocycles. The first kappa shape index (κ1) is 20.2. The molecule has 0 aliphatic heterocycles. The summed E-state index contributed by atoms with van der Waals surface area (Å²) >= 11 is 0. The van der Waals surface area contributed by atoms with Crippen LogP contribution in [-0.4, -0.2) is 43.0 Å². The van der Waals surface area contributed by atoms with Crippen LogP contribution in [0.1, 0.15) is 18.1 Å². The van der Waals surface area contributed by atoms with Crippen molar-refractivity contribution in [1.29, 1.82) is 0 Å². The first-order valence-electron chi connectivity index (χ1n) is 6.99. The van der Waals surface area contributed by atoms with Gasteiger partial charge in [-0.2, -0.15) is 0 Å². The Labute approximate surface area is 139 Å². The van der Waals surface area contributed by atoms with E-state index < -0.39 is 24.7 Å². The standard InChI is InChI=1S/C13H21N4O6P/c1-16(2)7-8-22-13(18)9-12(23-24(14,15)21)10-3-5-11(6-4-10)17(19)20/h3-6,12H,7-9H2,1-2H3,(H4,14,15,21). The highest BCUT2D eigenvalue weighted by Gasteiger charge is 2.24. The summed E-state index contributed by atoms with van der Waals surface area (Å²) in [5, 5.41) is 10.7. The molecular formula is C13H21N4O6P. The minimum Gasteiger partial charge on any atom is -0.464 e. The smallest absolute Gasteiger partial charge is 0.336 e. The zero-order valence-electron chi connectivity index (χ0n) is 13.5. The van der Waals surface area contributed by atoms with E-state index in [9.17, 15) is 19.5 Å². The van der Waals surface area contributed by atoms with Crippen molar-refractivity contribution in [3.05, 3.63) is 39.9 Å². The summed E-state index contributed by atoms with van der Waals surface area (Å²) in [5.41, 5.74) is 10.7. The Morgan fingerprint density at radius 3 is 2.38 bits per heavy atom. The summed E-state index contributed by atoms with van der Waals surface area (Å²) < 4.78 is 21.6. The number of nitro groups is 1. The van der Waals surface area contributed by atoms with Gasteiger partial charge in [0.1, 0.15) is 12.7 Å². The molecule has 1 aromatic rings. The van der Waals surface area contributed by atoms with Crippen molar-refractivity contribution in [1.82, 2.24) is 4.90 Å². The maximum absolute atomic E-state index is 11.9. The highest BCUT2D eigenvalue weighted by molar-refractivity contribution is 7.53. The van der Waals surface area contributed by atoms with Gasteiger partial charge in [-0.15, -0.1) is 0 Å². The fraction of sp³-hybridized carbons (Fsp3) is 0.462. The fourth-order valence-electron chi connectivity index (χ4n) is 1.78. The molecule has 1 unspecified atom stereocenters. The first-order chi connectivity index (χ1) is 11.1. The number of benzene rings is 1. The van der Waals surface area contributed by atoms with Gasteiger partial charge in [0.2, 0.25) is 0 Å². The van der Waals surface area contributed by atoms with Gasteiger partial charge in [-0.05, 0) is 31.8 Å². The largest absolute Gasteiger partial charge is 0.464 e. The number of carbonyl (C=O) groups excluding carboxylic acids is 1. The lowest BCUT2D eigenvalue weighted by Crippen LogP contribution is -2.22. The number of nitrogens with two attached hydrogens (primary N) is 2. The van der Waals surface area contributed by atoms with Gasteiger partial charge < -0.3 is 9.64 Å². The normalized spacial score (nSPS) is 12.9. The van der Waals surface area contributed by atoms with Crippen molar-refractivity contribution >= 4 is 19.3 Å². The summed E-state index contributed by atoms with van der Waals surface area (Å²) in [5.74, 6) is -0.589. The van der Waals surface area contributed by atoms with Crippen LogP contribution in [0.25, 0.3) is 0 Å². The van der Waals surface area contributed by atoms with Crippen LogP contribution in [0.4, 0.5) is 5.69 Å². The van der Waals surface area contributed by atoms with Crippen LogP contribution in [-0.2, 0) is 18.6 Å². The number of nitrogens with zero attached hydrogens (tertiary/aromatic N) is 2. The summed E-state index contributed by atoms with van der Waals surface area (Å²) in [4.78, 5) is 23.8. The molecule has 11 heteroatoms. The Bertz CT molecular complexity index is 615. The fourth-order valence-corrected chi connectivity index (χ4v) is 2.37. The molecule has 4 N–H and O–H groups in total. The molecule has 0 radical (unpaired) electrons. The van der Waals surface area contributed by atoms with E-state index in [1.54, 1.807) is 0 Å². The maximum Gasteiger partial charge on any atom is 0.336 e. The summed E-state index contributed by atoms with van der Waals surface area (Å²) in [7, 11) is -0.208. The van der Waals surface area contributed by atoms with Crippen molar-refractivity contribution in [2.45, 2.75) is 12.5 Å². The van der Waals surface area contributed by atoms with Gasteiger partial charge in [0.25, 0.3) is 5.69 Å². The van der Waals surface area contributed by atoms with Crippen molar-refractivity contribution in [3.63, 3.8) is 0 Å². The van der Waals surface area contributed by atoms with Crippen LogP contribution in [0.15, 0.2) is 24.3 Å². The molecule has 134 valence electrons. The molecular weight excluding hydrogens is 339 g/mol. The lowest BCUT2D eigenvalue weighted by atomic mass is 10.1. The lowest BCUT2D eigenvalue weighted by molar-refractivity contribution is -0.384. The molecule has 0 aromatic heterocycles.